The van der Waals surface area contributed by atoms with Crippen molar-refractivity contribution in [3.8, 4) is 0 Å². The minimum absolute atomic E-state index is 0.119. The van der Waals surface area contributed by atoms with Crippen LogP contribution in [-0.2, 0) is 47.8 Å². The zero-order chi connectivity index (χ0) is 34.3. The number of carboxylic acid groups (broad SMARTS) is 8. The molecular weight excluding hydrogens is 580 g/mol. The second-order valence-corrected chi connectivity index (χ2v) is 7.30. The molecule has 0 aliphatic heterocycles. The van der Waals surface area contributed by atoms with E-state index in [0.717, 1.165) is 27.7 Å². The monoisotopic (exact) mass is 620 g/mol. The third-order valence-corrected chi connectivity index (χ3v) is 2.91. The molecule has 0 rings (SSSR count). The smallest absolute Gasteiger partial charge is 0.317 e. The highest BCUT2D eigenvalue weighted by atomic mass is 16.5. The maximum atomic E-state index is 10.6. The van der Waals surface area contributed by atoms with Crippen molar-refractivity contribution in [2.75, 3.05) is 65.7 Å². The quantitative estimate of drug-likeness (QED) is 0.0842. The normalized spacial score (nSPS) is 9.19. The van der Waals surface area contributed by atoms with E-state index in [4.69, 9.17) is 69.5 Å². The van der Waals surface area contributed by atoms with Crippen molar-refractivity contribution in [2.45, 2.75) is 27.7 Å². The van der Waals surface area contributed by atoms with Crippen molar-refractivity contribution >= 4 is 47.8 Å². The topological polar surface area (TPSA) is 323 Å². The van der Waals surface area contributed by atoms with Crippen LogP contribution >= 0.6 is 0 Å². The molecule has 0 heterocycles. The van der Waals surface area contributed by atoms with Crippen LogP contribution in [0.4, 0.5) is 0 Å². The Hall–Kier alpha value is -4.40. The molecule has 0 aromatic carbocycles. The molecule has 0 amide bonds. The van der Waals surface area contributed by atoms with Crippen LogP contribution in [0.3, 0.4) is 0 Å². The van der Waals surface area contributed by atoms with Gasteiger partial charge in [-0.1, -0.05) is 0 Å². The first-order valence-electron chi connectivity index (χ1n) is 11.4. The van der Waals surface area contributed by atoms with Gasteiger partial charge in [-0.15, -0.1) is 0 Å². The molecule has 0 unspecified atom stereocenters. The first-order chi connectivity index (χ1) is 19.1. The minimum atomic E-state index is -1.14. The lowest BCUT2D eigenvalue weighted by molar-refractivity contribution is -0.144. The third-order valence-electron chi connectivity index (χ3n) is 2.91. The Morgan fingerprint density at radius 2 is 0.571 bits per heavy atom. The van der Waals surface area contributed by atoms with Gasteiger partial charge in [0.2, 0.25) is 0 Å². The summed E-state index contributed by atoms with van der Waals surface area (Å²) >= 11 is 0. The standard InChI is InChI=1S/C14H24N2O10.4C2H4O2/c17-11(18)7-15(8-12(19)20)1-3-25-5-6-26-4-2-16(9-13(21)22)10-14(23)24;4*1-2(3)4/h1-10H2,(H,17,18)(H,19,20)(H,21,22)(H,23,24);4*1H3,(H,3,4). The van der Waals surface area contributed by atoms with Gasteiger partial charge >= 0.3 is 23.9 Å². The van der Waals surface area contributed by atoms with Gasteiger partial charge in [-0.2, -0.15) is 0 Å². The minimum Gasteiger partial charge on any atom is -0.481 e. The molecule has 0 fully saturated rings. The fourth-order valence-electron chi connectivity index (χ4n) is 1.90. The lowest BCUT2D eigenvalue weighted by atomic mass is 10.4. The Labute approximate surface area is 240 Å². The zero-order valence-corrected chi connectivity index (χ0v) is 23.6. The van der Waals surface area contributed by atoms with Gasteiger partial charge in [-0.3, -0.25) is 48.2 Å². The van der Waals surface area contributed by atoms with Crippen molar-refractivity contribution in [2.24, 2.45) is 0 Å². The van der Waals surface area contributed by atoms with E-state index in [0.29, 0.717) is 0 Å². The lowest BCUT2D eigenvalue weighted by Gasteiger charge is -2.18. The average molecular weight is 621 g/mol. The summed E-state index contributed by atoms with van der Waals surface area (Å²) in [5, 5.41) is 64.4. The van der Waals surface area contributed by atoms with Gasteiger partial charge in [0.25, 0.3) is 23.9 Å². The molecule has 0 bridgehead atoms. The Morgan fingerprint density at radius 1 is 0.405 bits per heavy atom. The average Bonchev–Trinajstić information content (AvgIpc) is 2.72. The molecule has 0 radical (unpaired) electrons. The van der Waals surface area contributed by atoms with E-state index >= 15 is 0 Å². The third kappa shape index (κ3) is 83.4. The predicted octanol–water partition coefficient (Wildman–Crippen LogP) is -1.67. The van der Waals surface area contributed by atoms with Crippen molar-refractivity contribution in [1.82, 2.24) is 9.80 Å². The molecule has 246 valence electrons. The zero-order valence-electron chi connectivity index (χ0n) is 23.6. The van der Waals surface area contributed by atoms with Crippen molar-refractivity contribution < 1.29 is 88.7 Å². The molecule has 20 heteroatoms. The molecule has 0 saturated heterocycles. The summed E-state index contributed by atoms with van der Waals surface area (Å²) in [7, 11) is 0. The van der Waals surface area contributed by atoms with E-state index in [1.54, 1.807) is 0 Å². The summed E-state index contributed by atoms with van der Waals surface area (Å²) in [6.45, 7) is 3.54. The van der Waals surface area contributed by atoms with E-state index in [1.165, 1.54) is 9.80 Å². The van der Waals surface area contributed by atoms with Crippen LogP contribution in [0.5, 0.6) is 0 Å². The summed E-state index contributed by atoms with van der Waals surface area (Å²) in [6.07, 6.45) is 0. The molecule has 0 aliphatic carbocycles. The maximum Gasteiger partial charge on any atom is 0.317 e. The van der Waals surface area contributed by atoms with Gasteiger partial charge in [-0.05, 0) is 0 Å². The number of hydrogen-bond donors (Lipinski definition) is 8. The number of rotatable bonds is 17. The second kappa shape index (κ2) is 32.8. The van der Waals surface area contributed by atoms with E-state index in [9.17, 15) is 19.2 Å². The van der Waals surface area contributed by atoms with Gasteiger partial charge in [0.05, 0.1) is 52.6 Å². The molecule has 8 N–H and O–H groups in total. The molecule has 0 saturated carbocycles. The predicted molar refractivity (Wildman–Crippen MR) is 138 cm³/mol. The molecule has 0 atom stereocenters. The maximum absolute atomic E-state index is 10.6. The molecular formula is C22H40N2O18. The molecule has 0 aromatic heterocycles. The Bertz CT molecular complexity index is 679. The Balaban J connectivity index is -0.000000232. The summed E-state index contributed by atoms with van der Waals surface area (Å²) < 4.78 is 10.4. The first-order valence-corrected chi connectivity index (χ1v) is 11.4. The van der Waals surface area contributed by atoms with Crippen LogP contribution in [0.1, 0.15) is 27.7 Å². The number of hydrogen-bond acceptors (Lipinski definition) is 12. The van der Waals surface area contributed by atoms with Crippen molar-refractivity contribution in [3.63, 3.8) is 0 Å². The first kappa shape index (κ1) is 47.4. The highest BCUT2D eigenvalue weighted by Crippen LogP contribution is 1.92. The van der Waals surface area contributed by atoms with Crippen LogP contribution in [0.2, 0.25) is 0 Å². The van der Waals surface area contributed by atoms with Crippen molar-refractivity contribution in [1.29, 1.82) is 0 Å². The molecule has 20 nitrogen and oxygen atoms in total. The SMILES string of the molecule is CC(=O)O.CC(=O)O.CC(=O)O.CC(=O)O.O=C(O)CN(CCOCCOCCN(CC(=O)O)CC(=O)O)CC(=O)O. The number of ether oxygens (including phenoxy) is 2. The fraction of sp³-hybridized carbons (Fsp3) is 0.636. The second-order valence-electron chi connectivity index (χ2n) is 7.30. The number of aliphatic carboxylic acids is 8. The summed E-state index contributed by atoms with van der Waals surface area (Å²) in [6, 6.07) is 0. The Kier molecular flexibility index (Phi) is 37.0. The summed E-state index contributed by atoms with van der Waals surface area (Å²) in [5.41, 5.74) is 0. The highest BCUT2D eigenvalue weighted by Gasteiger charge is 2.14. The molecule has 0 spiro atoms. The van der Waals surface area contributed by atoms with Crippen LogP contribution in [0.25, 0.3) is 0 Å². The fourth-order valence-corrected chi connectivity index (χ4v) is 1.90. The summed E-state index contributed by atoms with van der Waals surface area (Å²) in [5.74, 6) is -7.88. The highest BCUT2D eigenvalue weighted by molar-refractivity contribution is 5.73. The van der Waals surface area contributed by atoms with E-state index in [-0.39, 0.29) is 39.5 Å². The number of nitrogens with zero attached hydrogens (tertiary/aromatic N) is 2. The summed E-state index contributed by atoms with van der Waals surface area (Å²) in [4.78, 5) is 80.9. The van der Waals surface area contributed by atoms with Gasteiger partial charge < -0.3 is 50.3 Å². The molecule has 42 heavy (non-hydrogen) atoms. The Morgan fingerprint density at radius 3 is 0.714 bits per heavy atom. The van der Waals surface area contributed by atoms with Crippen LogP contribution in [-0.4, -0.2) is 164 Å². The van der Waals surface area contributed by atoms with Gasteiger partial charge in [0.1, 0.15) is 0 Å². The van der Waals surface area contributed by atoms with E-state index in [1.807, 2.05) is 0 Å². The number of carbonyl (C=O) groups is 8. The van der Waals surface area contributed by atoms with Crippen LogP contribution < -0.4 is 0 Å². The van der Waals surface area contributed by atoms with Crippen molar-refractivity contribution in [3.05, 3.63) is 0 Å². The van der Waals surface area contributed by atoms with Gasteiger partial charge in [0.15, 0.2) is 0 Å². The number of carboxylic acids is 8. The van der Waals surface area contributed by atoms with Crippen LogP contribution in [0, 0.1) is 0 Å². The van der Waals surface area contributed by atoms with E-state index < -0.39 is 73.9 Å². The van der Waals surface area contributed by atoms with Gasteiger partial charge in [-0.25, -0.2) is 0 Å². The molecule has 0 aliphatic rings. The van der Waals surface area contributed by atoms with Crippen LogP contribution in [0.15, 0.2) is 0 Å². The van der Waals surface area contributed by atoms with Gasteiger partial charge in [0, 0.05) is 40.8 Å². The molecule has 0 aromatic rings. The largest absolute Gasteiger partial charge is 0.481 e. The lowest BCUT2D eigenvalue weighted by Crippen LogP contribution is -2.37. The van der Waals surface area contributed by atoms with E-state index in [2.05, 4.69) is 0 Å².